The molecule has 2 aromatic rings. The summed E-state index contributed by atoms with van der Waals surface area (Å²) in [5, 5.41) is 2.98. The standard InChI is InChI=1S/C24H27FN2O2/c25-21-9-3-7-19(15-21)17-10-12-22(13-11-17)26-23(28)20-8-4-14-27(16-20)24(29)18-5-1-2-6-18/h3,7,9-13,15,18,20H,1-2,4-6,8,14,16H2,(H,26,28)/t20-/m0/s1. The van der Waals surface area contributed by atoms with Gasteiger partial charge in [-0.2, -0.15) is 0 Å². The number of halogens is 1. The molecule has 0 radical (unpaired) electrons. The topological polar surface area (TPSA) is 49.4 Å². The van der Waals surface area contributed by atoms with Crippen LogP contribution in [-0.2, 0) is 9.59 Å². The smallest absolute Gasteiger partial charge is 0.229 e. The van der Waals surface area contributed by atoms with Crippen molar-refractivity contribution in [1.29, 1.82) is 0 Å². The Morgan fingerprint density at radius 2 is 1.62 bits per heavy atom. The maximum atomic E-state index is 13.4. The highest BCUT2D eigenvalue weighted by Crippen LogP contribution is 2.29. The van der Waals surface area contributed by atoms with Crippen molar-refractivity contribution in [2.45, 2.75) is 38.5 Å². The molecule has 1 heterocycles. The highest BCUT2D eigenvalue weighted by atomic mass is 19.1. The Morgan fingerprint density at radius 1 is 0.897 bits per heavy atom. The number of hydrogen-bond acceptors (Lipinski definition) is 2. The maximum Gasteiger partial charge on any atom is 0.229 e. The summed E-state index contributed by atoms with van der Waals surface area (Å²) in [6.45, 7) is 1.28. The summed E-state index contributed by atoms with van der Waals surface area (Å²) in [5.74, 6) is -0.0788. The number of piperidine rings is 1. The minimum Gasteiger partial charge on any atom is -0.342 e. The number of hydrogen-bond donors (Lipinski definition) is 1. The molecule has 4 nitrogen and oxygen atoms in total. The number of carbonyl (C=O) groups is 2. The number of nitrogens with zero attached hydrogens (tertiary/aromatic N) is 1. The lowest BCUT2D eigenvalue weighted by Gasteiger charge is -2.33. The number of carbonyl (C=O) groups excluding carboxylic acids is 2. The Kier molecular flexibility index (Phi) is 5.93. The first-order valence-corrected chi connectivity index (χ1v) is 10.6. The lowest BCUT2D eigenvalue weighted by molar-refractivity contribution is -0.138. The van der Waals surface area contributed by atoms with Gasteiger partial charge in [-0.05, 0) is 61.1 Å². The highest BCUT2D eigenvalue weighted by molar-refractivity contribution is 5.93. The molecule has 2 aromatic carbocycles. The van der Waals surface area contributed by atoms with Crippen molar-refractivity contribution in [2.24, 2.45) is 11.8 Å². The van der Waals surface area contributed by atoms with E-state index in [1.54, 1.807) is 6.07 Å². The third kappa shape index (κ3) is 4.66. The quantitative estimate of drug-likeness (QED) is 0.805. The first kappa shape index (κ1) is 19.6. The van der Waals surface area contributed by atoms with Crippen LogP contribution in [0, 0.1) is 17.7 Å². The molecule has 0 unspecified atom stereocenters. The van der Waals surface area contributed by atoms with Gasteiger partial charge in [0.1, 0.15) is 5.82 Å². The van der Waals surface area contributed by atoms with Crippen LogP contribution in [0.25, 0.3) is 11.1 Å². The van der Waals surface area contributed by atoms with Gasteiger partial charge in [-0.15, -0.1) is 0 Å². The molecule has 5 heteroatoms. The van der Waals surface area contributed by atoms with Gasteiger partial charge >= 0.3 is 0 Å². The predicted molar refractivity (Wildman–Crippen MR) is 112 cm³/mol. The molecule has 0 bridgehead atoms. The zero-order valence-corrected chi connectivity index (χ0v) is 16.6. The molecule has 0 aromatic heterocycles. The molecule has 0 spiro atoms. The van der Waals surface area contributed by atoms with E-state index in [4.69, 9.17) is 0 Å². The fourth-order valence-corrected chi connectivity index (χ4v) is 4.48. The molecule has 1 aliphatic carbocycles. The fourth-order valence-electron chi connectivity index (χ4n) is 4.48. The highest BCUT2D eigenvalue weighted by Gasteiger charge is 2.32. The minimum absolute atomic E-state index is 0.0348. The number of nitrogens with one attached hydrogen (secondary N) is 1. The average molecular weight is 394 g/mol. The molecule has 1 aliphatic heterocycles. The number of likely N-dealkylation sites (tertiary alicyclic amines) is 1. The number of rotatable bonds is 4. The van der Waals surface area contributed by atoms with Crippen molar-refractivity contribution in [3.63, 3.8) is 0 Å². The van der Waals surface area contributed by atoms with Gasteiger partial charge in [0.15, 0.2) is 0 Å². The van der Waals surface area contributed by atoms with Crippen molar-refractivity contribution in [3.05, 3.63) is 54.3 Å². The van der Waals surface area contributed by atoms with Crippen LogP contribution in [0.15, 0.2) is 48.5 Å². The van der Waals surface area contributed by atoms with Gasteiger partial charge in [-0.3, -0.25) is 9.59 Å². The molecule has 2 fully saturated rings. The zero-order chi connectivity index (χ0) is 20.2. The van der Waals surface area contributed by atoms with E-state index in [1.165, 1.54) is 12.1 Å². The lowest BCUT2D eigenvalue weighted by Crippen LogP contribution is -2.45. The van der Waals surface area contributed by atoms with Crippen LogP contribution in [0.4, 0.5) is 10.1 Å². The summed E-state index contributed by atoms with van der Waals surface area (Å²) in [6, 6.07) is 13.9. The van der Waals surface area contributed by atoms with Gasteiger partial charge in [0.05, 0.1) is 5.92 Å². The van der Waals surface area contributed by atoms with E-state index in [0.29, 0.717) is 6.54 Å². The van der Waals surface area contributed by atoms with Gasteiger partial charge in [0.2, 0.25) is 11.8 Å². The maximum absolute atomic E-state index is 13.4. The van der Waals surface area contributed by atoms with Gasteiger partial charge in [-0.1, -0.05) is 37.1 Å². The first-order valence-electron chi connectivity index (χ1n) is 10.6. The molecule has 1 saturated heterocycles. The molecular formula is C24H27FN2O2. The minimum atomic E-state index is -0.270. The summed E-state index contributed by atoms with van der Waals surface area (Å²) in [4.78, 5) is 27.3. The second-order valence-electron chi connectivity index (χ2n) is 8.18. The normalized spacial score (nSPS) is 19.9. The Bertz CT molecular complexity index is 875. The Labute approximate surface area is 171 Å². The number of benzene rings is 2. The van der Waals surface area contributed by atoms with Gasteiger partial charge < -0.3 is 10.2 Å². The van der Waals surface area contributed by atoms with Crippen molar-refractivity contribution in [2.75, 3.05) is 18.4 Å². The Morgan fingerprint density at radius 3 is 2.34 bits per heavy atom. The number of amides is 2. The van der Waals surface area contributed by atoms with Crippen LogP contribution in [0.5, 0.6) is 0 Å². The fraction of sp³-hybridized carbons (Fsp3) is 0.417. The van der Waals surface area contributed by atoms with Crippen LogP contribution in [-0.4, -0.2) is 29.8 Å². The van der Waals surface area contributed by atoms with E-state index < -0.39 is 0 Å². The van der Waals surface area contributed by atoms with Crippen LogP contribution >= 0.6 is 0 Å². The van der Waals surface area contributed by atoms with E-state index in [2.05, 4.69) is 5.32 Å². The molecule has 1 atom stereocenters. The SMILES string of the molecule is O=C(Nc1ccc(-c2cccc(F)c2)cc1)[C@H]1CCCN(C(=O)C2CCCC2)C1. The molecule has 4 rings (SSSR count). The summed E-state index contributed by atoms with van der Waals surface area (Å²) >= 11 is 0. The molecular weight excluding hydrogens is 367 g/mol. The van der Waals surface area contributed by atoms with Gasteiger partial charge in [0, 0.05) is 24.7 Å². The van der Waals surface area contributed by atoms with E-state index in [1.807, 2.05) is 35.2 Å². The number of anilines is 1. The Balaban J connectivity index is 1.36. The molecule has 29 heavy (non-hydrogen) atoms. The molecule has 1 saturated carbocycles. The van der Waals surface area contributed by atoms with E-state index in [9.17, 15) is 14.0 Å². The van der Waals surface area contributed by atoms with Crippen LogP contribution in [0.1, 0.15) is 38.5 Å². The van der Waals surface area contributed by atoms with E-state index in [0.717, 1.165) is 61.9 Å². The third-order valence-corrected chi connectivity index (χ3v) is 6.12. The zero-order valence-electron chi connectivity index (χ0n) is 16.6. The molecule has 2 amide bonds. The summed E-state index contributed by atoms with van der Waals surface area (Å²) in [7, 11) is 0. The molecule has 1 N–H and O–H groups in total. The summed E-state index contributed by atoms with van der Waals surface area (Å²) < 4.78 is 13.4. The second-order valence-corrected chi connectivity index (χ2v) is 8.18. The van der Waals surface area contributed by atoms with Crippen LogP contribution in [0.2, 0.25) is 0 Å². The lowest BCUT2D eigenvalue weighted by atomic mass is 9.95. The van der Waals surface area contributed by atoms with Gasteiger partial charge in [-0.25, -0.2) is 4.39 Å². The summed E-state index contributed by atoms with van der Waals surface area (Å²) in [6.07, 6.45) is 5.93. The van der Waals surface area contributed by atoms with E-state index >= 15 is 0 Å². The third-order valence-electron chi connectivity index (χ3n) is 6.12. The first-order chi connectivity index (χ1) is 14.1. The van der Waals surface area contributed by atoms with Gasteiger partial charge in [0.25, 0.3) is 0 Å². The van der Waals surface area contributed by atoms with Crippen molar-refractivity contribution >= 4 is 17.5 Å². The van der Waals surface area contributed by atoms with Crippen molar-refractivity contribution in [3.8, 4) is 11.1 Å². The molecule has 2 aliphatic rings. The van der Waals surface area contributed by atoms with Crippen LogP contribution < -0.4 is 5.32 Å². The van der Waals surface area contributed by atoms with E-state index in [-0.39, 0.29) is 29.5 Å². The Hall–Kier alpha value is -2.69. The predicted octanol–water partition coefficient (Wildman–Crippen LogP) is 4.86. The van der Waals surface area contributed by atoms with Crippen molar-refractivity contribution < 1.29 is 14.0 Å². The average Bonchev–Trinajstić information content (AvgIpc) is 3.29. The van der Waals surface area contributed by atoms with Crippen molar-refractivity contribution in [1.82, 2.24) is 4.90 Å². The second kappa shape index (κ2) is 8.76. The molecule has 152 valence electrons. The monoisotopic (exact) mass is 394 g/mol. The summed E-state index contributed by atoms with van der Waals surface area (Å²) in [5.41, 5.74) is 2.42. The largest absolute Gasteiger partial charge is 0.342 e. The van der Waals surface area contributed by atoms with Crippen LogP contribution in [0.3, 0.4) is 0 Å².